The molecule has 6 heteroatoms. The highest BCUT2D eigenvalue weighted by Gasteiger charge is 2.19. The Balaban J connectivity index is 0.00000312. The van der Waals surface area contributed by atoms with Crippen molar-refractivity contribution in [2.24, 2.45) is 16.8 Å². The largest absolute Gasteiger partial charge is 0.357 e. The number of rotatable bonds is 7. The minimum atomic E-state index is 0. The number of hydrogen-bond donors (Lipinski definition) is 2. The average molecular weight is 464 g/mol. The Labute approximate surface area is 170 Å². The van der Waals surface area contributed by atoms with Gasteiger partial charge < -0.3 is 15.5 Å². The van der Waals surface area contributed by atoms with Gasteiger partial charge in [-0.25, -0.2) is 0 Å². The van der Waals surface area contributed by atoms with Gasteiger partial charge in [0, 0.05) is 39.1 Å². The van der Waals surface area contributed by atoms with Crippen molar-refractivity contribution in [2.45, 2.75) is 65.2 Å². The Hall–Kier alpha value is -0.530. The standard InChI is InChI=1S/C19H36N4O.HI/c1-3-20-19(21-11-9-17-8-6-7-16(2)15-17)22-12-10-18(24)23-13-4-5-14-23;/h16-17H,3-15H2,1-2H3,(H2,20,21,22);1H. The molecule has 146 valence electrons. The van der Waals surface area contributed by atoms with Crippen LogP contribution in [0.4, 0.5) is 0 Å². The number of nitrogens with one attached hydrogen (secondary N) is 2. The van der Waals surface area contributed by atoms with Gasteiger partial charge in [0.1, 0.15) is 0 Å². The summed E-state index contributed by atoms with van der Waals surface area (Å²) in [6, 6.07) is 0. The third-order valence-corrected chi connectivity index (χ3v) is 5.29. The van der Waals surface area contributed by atoms with Crippen molar-refractivity contribution in [2.75, 3.05) is 32.7 Å². The number of likely N-dealkylation sites (tertiary alicyclic amines) is 1. The van der Waals surface area contributed by atoms with E-state index in [1.165, 1.54) is 32.1 Å². The molecule has 1 saturated carbocycles. The summed E-state index contributed by atoms with van der Waals surface area (Å²) in [6.45, 7) is 8.73. The van der Waals surface area contributed by atoms with Crippen LogP contribution in [-0.4, -0.2) is 49.5 Å². The third-order valence-electron chi connectivity index (χ3n) is 5.29. The van der Waals surface area contributed by atoms with Crippen molar-refractivity contribution in [3.63, 3.8) is 0 Å². The fourth-order valence-electron chi connectivity index (χ4n) is 3.94. The molecule has 0 bridgehead atoms. The van der Waals surface area contributed by atoms with Crippen LogP contribution in [0.3, 0.4) is 0 Å². The highest BCUT2D eigenvalue weighted by atomic mass is 127. The van der Waals surface area contributed by atoms with Gasteiger partial charge in [0.15, 0.2) is 5.96 Å². The molecule has 2 rings (SSSR count). The van der Waals surface area contributed by atoms with Crippen LogP contribution in [0.2, 0.25) is 0 Å². The topological polar surface area (TPSA) is 56.7 Å². The quantitative estimate of drug-likeness (QED) is 0.345. The first-order valence-corrected chi connectivity index (χ1v) is 9.99. The predicted octanol–water partition coefficient (Wildman–Crippen LogP) is 3.39. The van der Waals surface area contributed by atoms with E-state index in [9.17, 15) is 4.79 Å². The number of carbonyl (C=O) groups is 1. The minimum Gasteiger partial charge on any atom is -0.357 e. The Kier molecular flexibility index (Phi) is 11.5. The Bertz CT molecular complexity index is 410. The van der Waals surface area contributed by atoms with Crippen molar-refractivity contribution >= 4 is 35.8 Å². The number of aliphatic imine (C=N–C) groups is 1. The fourth-order valence-corrected chi connectivity index (χ4v) is 3.94. The van der Waals surface area contributed by atoms with Gasteiger partial charge in [-0.2, -0.15) is 0 Å². The van der Waals surface area contributed by atoms with Gasteiger partial charge >= 0.3 is 0 Å². The minimum absolute atomic E-state index is 0. The normalized spacial score (nSPS) is 23.9. The molecule has 2 atom stereocenters. The van der Waals surface area contributed by atoms with E-state index >= 15 is 0 Å². The zero-order valence-corrected chi connectivity index (χ0v) is 18.4. The monoisotopic (exact) mass is 464 g/mol. The van der Waals surface area contributed by atoms with Gasteiger partial charge in [-0.15, -0.1) is 24.0 Å². The molecule has 5 nitrogen and oxygen atoms in total. The van der Waals surface area contributed by atoms with Crippen LogP contribution in [0.25, 0.3) is 0 Å². The van der Waals surface area contributed by atoms with E-state index in [1.807, 2.05) is 4.90 Å². The van der Waals surface area contributed by atoms with Crippen LogP contribution in [-0.2, 0) is 4.79 Å². The average Bonchev–Trinajstić information content (AvgIpc) is 3.09. The van der Waals surface area contributed by atoms with Crippen LogP contribution in [0.15, 0.2) is 4.99 Å². The first-order valence-electron chi connectivity index (χ1n) is 9.99. The second-order valence-corrected chi connectivity index (χ2v) is 7.45. The van der Waals surface area contributed by atoms with E-state index in [0.717, 1.165) is 56.8 Å². The summed E-state index contributed by atoms with van der Waals surface area (Å²) in [7, 11) is 0. The SMILES string of the molecule is CCNC(=NCCC1CCCC(C)C1)NCCC(=O)N1CCCC1.I. The molecule has 1 amide bonds. The molecule has 0 aromatic heterocycles. The molecular weight excluding hydrogens is 427 g/mol. The Morgan fingerprint density at radius 1 is 1.16 bits per heavy atom. The lowest BCUT2D eigenvalue weighted by atomic mass is 9.81. The maximum Gasteiger partial charge on any atom is 0.224 e. The zero-order valence-electron chi connectivity index (χ0n) is 16.1. The molecular formula is C19H37IN4O. The number of amides is 1. The summed E-state index contributed by atoms with van der Waals surface area (Å²) in [6.07, 6.45) is 9.57. The molecule has 2 unspecified atom stereocenters. The molecule has 1 heterocycles. The van der Waals surface area contributed by atoms with Crippen LogP contribution < -0.4 is 10.6 Å². The van der Waals surface area contributed by atoms with Crippen molar-refractivity contribution < 1.29 is 4.79 Å². The highest BCUT2D eigenvalue weighted by Crippen LogP contribution is 2.30. The molecule has 25 heavy (non-hydrogen) atoms. The van der Waals surface area contributed by atoms with E-state index in [1.54, 1.807) is 0 Å². The summed E-state index contributed by atoms with van der Waals surface area (Å²) < 4.78 is 0. The van der Waals surface area contributed by atoms with E-state index in [-0.39, 0.29) is 29.9 Å². The van der Waals surface area contributed by atoms with Crippen molar-refractivity contribution in [1.29, 1.82) is 0 Å². The first-order chi connectivity index (χ1) is 11.7. The molecule has 2 fully saturated rings. The summed E-state index contributed by atoms with van der Waals surface area (Å²) in [5.41, 5.74) is 0. The van der Waals surface area contributed by atoms with Gasteiger partial charge in [-0.1, -0.05) is 26.2 Å². The summed E-state index contributed by atoms with van der Waals surface area (Å²) in [5.74, 6) is 2.86. The first kappa shape index (κ1) is 22.5. The second kappa shape index (κ2) is 12.8. The van der Waals surface area contributed by atoms with Gasteiger partial charge in [0.2, 0.25) is 5.91 Å². The van der Waals surface area contributed by atoms with Crippen molar-refractivity contribution in [1.82, 2.24) is 15.5 Å². The van der Waals surface area contributed by atoms with Crippen molar-refractivity contribution in [3.05, 3.63) is 0 Å². The van der Waals surface area contributed by atoms with E-state index < -0.39 is 0 Å². The van der Waals surface area contributed by atoms with Gasteiger partial charge in [0.05, 0.1) is 0 Å². The number of hydrogen-bond acceptors (Lipinski definition) is 2. The summed E-state index contributed by atoms with van der Waals surface area (Å²) in [5, 5.41) is 6.60. The van der Waals surface area contributed by atoms with E-state index in [0.29, 0.717) is 13.0 Å². The molecule has 2 aliphatic rings. The third kappa shape index (κ3) is 8.60. The lowest BCUT2D eigenvalue weighted by molar-refractivity contribution is -0.129. The number of carbonyl (C=O) groups excluding carboxylic acids is 1. The maximum atomic E-state index is 12.1. The zero-order chi connectivity index (χ0) is 17.2. The van der Waals surface area contributed by atoms with Crippen LogP contribution in [0, 0.1) is 11.8 Å². The van der Waals surface area contributed by atoms with Crippen molar-refractivity contribution in [3.8, 4) is 0 Å². The molecule has 2 N–H and O–H groups in total. The fraction of sp³-hybridized carbons (Fsp3) is 0.895. The number of nitrogens with zero attached hydrogens (tertiary/aromatic N) is 2. The smallest absolute Gasteiger partial charge is 0.224 e. The second-order valence-electron chi connectivity index (χ2n) is 7.45. The molecule has 0 radical (unpaired) electrons. The predicted molar refractivity (Wildman–Crippen MR) is 116 cm³/mol. The van der Waals surface area contributed by atoms with E-state index in [2.05, 4.69) is 24.5 Å². The molecule has 0 spiro atoms. The van der Waals surface area contributed by atoms with Crippen LogP contribution >= 0.6 is 24.0 Å². The highest BCUT2D eigenvalue weighted by molar-refractivity contribution is 14.0. The number of halogens is 1. The molecule has 1 aliphatic heterocycles. The van der Waals surface area contributed by atoms with E-state index in [4.69, 9.17) is 4.99 Å². The molecule has 1 saturated heterocycles. The summed E-state index contributed by atoms with van der Waals surface area (Å²) in [4.78, 5) is 18.7. The van der Waals surface area contributed by atoms with Gasteiger partial charge in [-0.05, 0) is 44.4 Å². The molecule has 0 aromatic carbocycles. The Morgan fingerprint density at radius 2 is 1.92 bits per heavy atom. The lowest BCUT2D eigenvalue weighted by Gasteiger charge is -2.26. The lowest BCUT2D eigenvalue weighted by Crippen LogP contribution is -2.39. The molecule has 0 aromatic rings. The van der Waals surface area contributed by atoms with Gasteiger partial charge in [0.25, 0.3) is 0 Å². The number of guanidine groups is 1. The Morgan fingerprint density at radius 3 is 2.60 bits per heavy atom. The maximum absolute atomic E-state index is 12.1. The van der Waals surface area contributed by atoms with Crippen LogP contribution in [0.1, 0.15) is 65.2 Å². The van der Waals surface area contributed by atoms with Gasteiger partial charge in [-0.3, -0.25) is 9.79 Å². The molecule has 1 aliphatic carbocycles. The summed E-state index contributed by atoms with van der Waals surface area (Å²) >= 11 is 0. The van der Waals surface area contributed by atoms with Crippen LogP contribution in [0.5, 0.6) is 0 Å².